The number of aliphatic hydroxyl groups is 1. The molecule has 2 aromatic carbocycles. The van der Waals surface area contributed by atoms with Crippen molar-refractivity contribution in [2.24, 2.45) is 0 Å². The van der Waals surface area contributed by atoms with Gasteiger partial charge in [0.15, 0.2) is 0 Å². The predicted octanol–water partition coefficient (Wildman–Crippen LogP) is 3.00. The van der Waals surface area contributed by atoms with Crippen LogP contribution in [0.3, 0.4) is 0 Å². The van der Waals surface area contributed by atoms with E-state index in [0.29, 0.717) is 12.1 Å². The average Bonchev–Trinajstić information content (AvgIpc) is 2.72. The number of amides is 1. The van der Waals surface area contributed by atoms with Crippen LogP contribution in [0.5, 0.6) is 0 Å². The Morgan fingerprint density at radius 3 is 2.53 bits per heavy atom. The van der Waals surface area contributed by atoms with E-state index in [-0.39, 0.29) is 36.3 Å². The van der Waals surface area contributed by atoms with Crippen LogP contribution in [0.1, 0.15) is 42.4 Å². The van der Waals surface area contributed by atoms with E-state index in [0.717, 1.165) is 37.1 Å². The van der Waals surface area contributed by atoms with Gasteiger partial charge in [-0.1, -0.05) is 36.1 Å². The summed E-state index contributed by atoms with van der Waals surface area (Å²) in [5.74, 6) is 5.89. The lowest BCUT2D eigenvalue weighted by atomic mass is 9.74. The van der Waals surface area contributed by atoms with Gasteiger partial charge < -0.3 is 10.0 Å². The number of rotatable bonds is 2. The molecule has 2 aliphatic heterocycles. The van der Waals surface area contributed by atoms with Crippen LogP contribution in [-0.2, 0) is 4.79 Å². The number of halogens is 1. The highest BCUT2D eigenvalue weighted by Gasteiger charge is 2.49. The third kappa shape index (κ3) is 4.12. The molecule has 0 bridgehead atoms. The van der Waals surface area contributed by atoms with Gasteiger partial charge in [-0.05, 0) is 49.2 Å². The molecule has 4 nitrogen and oxygen atoms in total. The molecule has 2 aliphatic rings. The van der Waals surface area contributed by atoms with Gasteiger partial charge >= 0.3 is 0 Å². The summed E-state index contributed by atoms with van der Waals surface area (Å²) >= 11 is 0. The molecule has 1 amide bonds. The Balaban J connectivity index is 1.54. The van der Waals surface area contributed by atoms with E-state index in [1.165, 1.54) is 6.07 Å². The first kappa shape index (κ1) is 20.6. The van der Waals surface area contributed by atoms with Gasteiger partial charge in [0.25, 0.3) is 0 Å². The molecular formula is C25H27FN2O2. The zero-order chi connectivity index (χ0) is 21.1. The lowest BCUT2D eigenvalue weighted by Crippen LogP contribution is -2.67. The van der Waals surface area contributed by atoms with Crippen molar-refractivity contribution in [3.63, 3.8) is 0 Å². The Bertz CT molecular complexity index is 963. The fourth-order valence-corrected chi connectivity index (χ4v) is 4.72. The molecule has 2 saturated heterocycles. The largest absolute Gasteiger partial charge is 0.395 e. The molecule has 2 fully saturated rings. The molecule has 4 rings (SSSR count). The van der Waals surface area contributed by atoms with Crippen molar-refractivity contribution in [2.75, 3.05) is 26.2 Å². The second kappa shape index (κ2) is 8.99. The maximum atomic E-state index is 13.7. The number of hydrogen-bond donors (Lipinski definition) is 1. The molecule has 30 heavy (non-hydrogen) atoms. The maximum Gasteiger partial charge on any atom is 0.219 e. The molecule has 0 unspecified atom stereocenters. The first-order chi connectivity index (χ1) is 14.6. The van der Waals surface area contributed by atoms with E-state index < -0.39 is 0 Å². The van der Waals surface area contributed by atoms with Crippen molar-refractivity contribution >= 4 is 5.91 Å². The van der Waals surface area contributed by atoms with Gasteiger partial charge in [0.1, 0.15) is 5.82 Å². The average molecular weight is 407 g/mol. The summed E-state index contributed by atoms with van der Waals surface area (Å²) in [6.07, 6.45) is 2.04. The van der Waals surface area contributed by atoms with Crippen molar-refractivity contribution in [2.45, 2.75) is 37.8 Å². The highest BCUT2D eigenvalue weighted by molar-refractivity contribution is 5.73. The zero-order valence-electron chi connectivity index (χ0n) is 17.2. The van der Waals surface area contributed by atoms with Crippen LogP contribution in [-0.4, -0.2) is 59.1 Å². The van der Waals surface area contributed by atoms with E-state index in [2.05, 4.69) is 16.7 Å². The molecule has 0 saturated carbocycles. The fourth-order valence-electron chi connectivity index (χ4n) is 4.72. The van der Waals surface area contributed by atoms with Crippen LogP contribution >= 0.6 is 0 Å². The van der Waals surface area contributed by atoms with Crippen molar-refractivity contribution in [3.05, 3.63) is 71.0 Å². The molecule has 0 aromatic heterocycles. The zero-order valence-corrected chi connectivity index (χ0v) is 17.2. The molecule has 0 spiro atoms. The van der Waals surface area contributed by atoms with Crippen LogP contribution in [0.15, 0.2) is 48.5 Å². The smallest absolute Gasteiger partial charge is 0.219 e. The number of benzene rings is 2. The summed E-state index contributed by atoms with van der Waals surface area (Å²) in [4.78, 5) is 16.3. The van der Waals surface area contributed by atoms with Gasteiger partial charge in [-0.2, -0.15) is 0 Å². The normalized spacial score (nSPS) is 24.0. The van der Waals surface area contributed by atoms with Gasteiger partial charge in [-0.25, -0.2) is 4.39 Å². The molecular weight excluding hydrogens is 379 g/mol. The van der Waals surface area contributed by atoms with E-state index in [1.54, 1.807) is 25.1 Å². The van der Waals surface area contributed by atoms with Crippen LogP contribution in [0, 0.1) is 17.7 Å². The molecule has 156 valence electrons. The first-order valence-corrected chi connectivity index (χ1v) is 10.6. The second-order valence-electron chi connectivity index (χ2n) is 8.10. The molecule has 2 heterocycles. The molecule has 5 heteroatoms. The van der Waals surface area contributed by atoms with Crippen molar-refractivity contribution in [3.8, 4) is 11.8 Å². The summed E-state index contributed by atoms with van der Waals surface area (Å²) in [5, 5.41) is 10.0. The van der Waals surface area contributed by atoms with Crippen LogP contribution < -0.4 is 0 Å². The van der Waals surface area contributed by atoms with Crippen LogP contribution in [0.4, 0.5) is 4.39 Å². The summed E-state index contributed by atoms with van der Waals surface area (Å²) in [5.41, 5.74) is 2.35. The Labute approximate surface area is 177 Å². The van der Waals surface area contributed by atoms with Gasteiger partial charge in [-0.15, -0.1) is 0 Å². The quantitative estimate of drug-likeness (QED) is 0.780. The van der Waals surface area contributed by atoms with Gasteiger partial charge in [0.05, 0.1) is 12.2 Å². The summed E-state index contributed by atoms with van der Waals surface area (Å²) < 4.78 is 13.7. The Morgan fingerprint density at radius 1 is 1.10 bits per heavy atom. The molecule has 3 atom stereocenters. The topological polar surface area (TPSA) is 43.8 Å². The highest BCUT2D eigenvalue weighted by Crippen LogP contribution is 2.41. The van der Waals surface area contributed by atoms with Crippen molar-refractivity contribution in [1.82, 2.24) is 9.80 Å². The van der Waals surface area contributed by atoms with Gasteiger partial charge in [0, 0.05) is 43.6 Å². The Kier molecular flexibility index (Phi) is 6.17. The number of carbonyl (C=O) groups is 1. The molecule has 0 radical (unpaired) electrons. The van der Waals surface area contributed by atoms with Gasteiger partial charge in [-0.3, -0.25) is 9.69 Å². The predicted molar refractivity (Wildman–Crippen MR) is 114 cm³/mol. The highest BCUT2D eigenvalue weighted by atomic mass is 19.1. The molecule has 1 N–H and O–H groups in total. The number of aliphatic hydroxyl groups excluding tert-OH is 1. The van der Waals surface area contributed by atoms with Gasteiger partial charge in [0.2, 0.25) is 5.91 Å². The fraction of sp³-hybridized carbons (Fsp3) is 0.400. The number of nitrogens with zero attached hydrogens (tertiary/aromatic N) is 2. The minimum Gasteiger partial charge on any atom is -0.395 e. The Morgan fingerprint density at radius 2 is 1.83 bits per heavy atom. The maximum absolute atomic E-state index is 13.7. The lowest BCUT2D eigenvalue weighted by molar-refractivity contribution is -0.134. The third-order valence-corrected chi connectivity index (χ3v) is 6.33. The van der Waals surface area contributed by atoms with E-state index in [1.807, 2.05) is 29.2 Å². The first-order valence-electron chi connectivity index (χ1n) is 10.6. The minimum atomic E-state index is -0.318. The van der Waals surface area contributed by atoms with Crippen molar-refractivity contribution in [1.29, 1.82) is 0 Å². The standard InChI is InChI=1S/C25H27FN2O2/c1-18(30)27-14-4-5-15-28-23(16-27)25(24(28)17-29)21-12-9-19(10-13-21)8-11-20-6-2-3-7-22(20)26/h2-3,6-7,9-10,12-13,23-25,29H,4-5,14-17H2,1H3/t23-,24-,25+/m1/s1. The third-order valence-electron chi connectivity index (χ3n) is 6.33. The van der Waals surface area contributed by atoms with Crippen LogP contribution in [0.25, 0.3) is 0 Å². The number of fused-ring (bicyclic) bond motifs is 1. The van der Waals surface area contributed by atoms with Crippen LogP contribution in [0.2, 0.25) is 0 Å². The summed E-state index contributed by atoms with van der Waals surface area (Å²) in [7, 11) is 0. The second-order valence-corrected chi connectivity index (χ2v) is 8.10. The van der Waals surface area contributed by atoms with E-state index >= 15 is 0 Å². The number of hydrogen-bond acceptors (Lipinski definition) is 3. The molecule has 2 aromatic rings. The minimum absolute atomic E-state index is 0.0808. The number of carbonyl (C=O) groups excluding carboxylic acids is 1. The lowest BCUT2D eigenvalue weighted by Gasteiger charge is -2.57. The summed E-state index contributed by atoms with van der Waals surface area (Å²) in [6.45, 7) is 4.21. The summed E-state index contributed by atoms with van der Waals surface area (Å²) in [6, 6.07) is 14.8. The SMILES string of the molecule is CC(=O)N1CCCCN2[C@H](CO)[C@@H](c3ccc(C#Cc4ccccc4F)cc3)[C@H]2C1. The Hall–Kier alpha value is -2.68. The molecule has 0 aliphatic carbocycles. The monoisotopic (exact) mass is 406 g/mol. The van der Waals surface area contributed by atoms with E-state index in [9.17, 15) is 14.3 Å². The van der Waals surface area contributed by atoms with E-state index in [4.69, 9.17) is 0 Å². The van der Waals surface area contributed by atoms with Crippen molar-refractivity contribution < 1.29 is 14.3 Å².